The third-order valence-corrected chi connectivity index (χ3v) is 2.94. The van der Waals surface area contributed by atoms with E-state index in [0.29, 0.717) is 28.2 Å². The molecule has 0 bridgehead atoms. The van der Waals surface area contributed by atoms with Crippen LogP contribution in [0.4, 0.5) is 0 Å². The molecular weight excluding hydrogens is 298 g/mol. The molecule has 2 aromatic rings. The van der Waals surface area contributed by atoms with E-state index < -0.39 is 5.97 Å². The summed E-state index contributed by atoms with van der Waals surface area (Å²) in [6.07, 6.45) is 1.48. The van der Waals surface area contributed by atoms with Crippen LogP contribution in [0.2, 0.25) is 0 Å². The van der Waals surface area contributed by atoms with Crippen LogP contribution in [0.1, 0.15) is 29.4 Å². The predicted molar refractivity (Wildman–Crippen MR) is 70.6 cm³/mol. The van der Waals surface area contributed by atoms with Crippen molar-refractivity contribution in [2.75, 3.05) is 0 Å². The van der Waals surface area contributed by atoms with Crippen molar-refractivity contribution >= 4 is 21.9 Å². The molecule has 0 amide bonds. The molecule has 2 rings (SSSR count). The van der Waals surface area contributed by atoms with E-state index in [1.54, 1.807) is 24.3 Å². The molecular formula is C13H12BrNO3. The number of rotatable bonds is 4. The smallest absolute Gasteiger partial charge is 0.337 e. The van der Waals surface area contributed by atoms with Gasteiger partial charge in [0.2, 0.25) is 0 Å². The number of pyridine rings is 1. The maximum absolute atomic E-state index is 11.1. The Morgan fingerprint density at radius 2 is 2.17 bits per heavy atom. The van der Waals surface area contributed by atoms with Crippen molar-refractivity contribution in [3.8, 4) is 11.5 Å². The summed E-state index contributed by atoms with van der Waals surface area (Å²) in [6, 6.07) is 6.81. The molecule has 0 aliphatic rings. The molecule has 2 heterocycles. The quantitative estimate of drug-likeness (QED) is 0.934. The number of carbonyl (C=O) groups is 1. The van der Waals surface area contributed by atoms with E-state index in [1.165, 1.54) is 0 Å². The van der Waals surface area contributed by atoms with E-state index in [2.05, 4.69) is 20.9 Å². The lowest BCUT2D eigenvalue weighted by molar-refractivity contribution is 0.0695. The summed E-state index contributed by atoms with van der Waals surface area (Å²) >= 11 is 3.23. The summed E-state index contributed by atoms with van der Waals surface area (Å²) in [5.74, 6) is -0.325. The third-order valence-electron chi connectivity index (χ3n) is 2.52. The number of aryl methyl sites for hydroxylation is 1. The van der Waals surface area contributed by atoms with E-state index in [1.807, 2.05) is 6.92 Å². The maximum Gasteiger partial charge on any atom is 0.337 e. The molecule has 2 aromatic heterocycles. The van der Waals surface area contributed by atoms with Gasteiger partial charge in [0.05, 0.1) is 11.3 Å². The van der Waals surface area contributed by atoms with Gasteiger partial charge in [-0.05, 0) is 46.6 Å². The molecule has 0 aliphatic heterocycles. The van der Waals surface area contributed by atoms with Crippen LogP contribution in [-0.2, 0) is 6.42 Å². The van der Waals surface area contributed by atoms with Crippen LogP contribution in [-0.4, -0.2) is 16.1 Å². The van der Waals surface area contributed by atoms with Crippen molar-refractivity contribution < 1.29 is 14.3 Å². The average molecular weight is 310 g/mol. The van der Waals surface area contributed by atoms with Crippen molar-refractivity contribution in [2.45, 2.75) is 19.8 Å². The normalized spacial score (nSPS) is 10.6. The highest BCUT2D eigenvalue weighted by atomic mass is 79.9. The van der Waals surface area contributed by atoms with Crippen molar-refractivity contribution in [2.24, 2.45) is 0 Å². The highest BCUT2D eigenvalue weighted by Gasteiger charge is 2.13. The minimum atomic E-state index is -0.946. The highest BCUT2D eigenvalue weighted by Crippen LogP contribution is 2.24. The van der Waals surface area contributed by atoms with E-state index in [4.69, 9.17) is 9.52 Å². The number of nitrogens with zero attached hydrogens (tertiary/aromatic N) is 1. The number of furan rings is 1. The number of hydrogen-bond acceptors (Lipinski definition) is 3. The van der Waals surface area contributed by atoms with Crippen LogP contribution in [0.5, 0.6) is 0 Å². The van der Waals surface area contributed by atoms with Gasteiger partial charge >= 0.3 is 5.97 Å². The second-order valence-electron chi connectivity index (χ2n) is 3.85. The molecule has 0 unspecified atom stereocenters. The zero-order valence-electron chi connectivity index (χ0n) is 9.81. The van der Waals surface area contributed by atoms with Gasteiger partial charge in [0, 0.05) is 0 Å². The Balaban J connectivity index is 2.45. The van der Waals surface area contributed by atoms with Gasteiger partial charge in [-0.15, -0.1) is 0 Å². The Morgan fingerprint density at radius 1 is 1.39 bits per heavy atom. The molecule has 4 nitrogen and oxygen atoms in total. The topological polar surface area (TPSA) is 63.3 Å². The van der Waals surface area contributed by atoms with Gasteiger partial charge in [0.15, 0.2) is 10.4 Å². The Hall–Kier alpha value is -1.62. The summed E-state index contributed by atoms with van der Waals surface area (Å²) in [5.41, 5.74) is 1.50. The molecule has 0 spiro atoms. The van der Waals surface area contributed by atoms with Crippen molar-refractivity contribution in [3.63, 3.8) is 0 Å². The van der Waals surface area contributed by atoms with Crippen LogP contribution in [0.25, 0.3) is 11.5 Å². The highest BCUT2D eigenvalue weighted by molar-refractivity contribution is 9.10. The molecule has 0 radical (unpaired) electrons. The Labute approximate surface area is 113 Å². The minimum absolute atomic E-state index is 0.256. The van der Waals surface area contributed by atoms with Crippen LogP contribution in [0, 0.1) is 0 Å². The zero-order chi connectivity index (χ0) is 13.1. The fourth-order valence-corrected chi connectivity index (χ4v) is 2.02. The third kappa shape index (κ3) is 2.61. The lowest BCUT2D eigenvalue weighted by atomic mass is 10.1. The summed E-state index contributed by atoms with van der Waals surface area (Å²) in [4.78, 5) is 15.4. The maximum atomic E-state index is 11.1. The van der Waals surface area contributed by atoms with E-state index in [0.717, 1.165) is 6.42 Å². The van der Waals surface area contributed by atoms with Crippen molar-refractivity contribution in [3.05, 3.63) is 40.2 Å². The molecule has 0 atom stereocenters. The van der Waals surface area contributed by atoms with Crippen LogP contribution in [0.3, 0.4) is 0 Å². The Bertz CT molecular complexity index is 577. The SMILES string of the molecule is CCCc1nc(-c2ccc(Br)o2)ccc1C(=O)O. The van der Waals surface area contributed by atoms with E-state index >= 15 is 0 Å². The van der Waals surface area contributed by atoms with Crippen LogP contribution in [0.15, 0.2) is 33.4 Å². The molecule has 0 fully saturated rings. The lowest BCUT2D eigenvalue weighted by Gasteiger charge is -2.05. The first-order valence-electron chi connectivity index (χ1n) is 5.60. The van der Waals surface area contributed by atoms with Crippen LogP contribution >= 0.6 is 15.9 Å². The van der Waals surface area contributed by atoms with Gasteiger partial charge in [0.1, 0.15) is 5.69 Å². The van der Waals surface area contributed by atoms with Gasteiger partial charge < -0.3 is 9.52 Å². The molecule has 94 valence electrons. The molecule has 18 heavy (non-hydrogen) atoms. The average Bonchev–Trinajstić information content (AvgIpc) is 2.76. The summed E-state index contributed by atoms with van der Waals surface area (Å²) in [6.45, 7) is 1.99. The molecule has 0 saturated carbocycles. The van der Waals surface area contributed by atoms with Crippen molar-refractivity contribution in [1.29, 1.82) is 0 Å². The fraction of sp³-hybridized carbons (Fsp3) is 0.231. The first-order valence-corrected chi connectivity index (χ1v) is 6.40. The molecule has 0 aromatic carbocycles. The predicted octanol–water partition coefficient (Wildman–Crippen LogP) is 3.75. The van der Waals surface area contributed by atoms with Gasteiger partial charge in [-0.25, -0.2) is 9.78 Å². The van der Waals surface area contributed by atoms with E-state index in [-0.39, 0.29) is 5.56 Å². The second-order valence-corrected chi connectivity index (χ2v) is 4.63. The van der Waals surface area contributed by atoms with E-state index in [9.17, 15) is 4.79 Å². The number of hydrogen-bond donors (Lipinski definition) is 1. The first kappa shape index (κ1) is 12.8. The molecule has 0 saturated heterocycles. The number of carboxylic acids is 1. The number of halogens is 1. The van der Waals surface area contributed by atoms with Crippen molar-refractivity contribution in [1.82, 2.24) is 4.98 Å². The van der Waals surface area contributed by atoms with Gasteiger partial charge in [0.25, 0.3) is 0 Å². The monoisotopic (exact) mass is 309 g/mol. The van der Waals surface area contributed by atoms with Gasteiger partial charge in [-0.1, -0.05) is 13.3 Å². The second kappa shape index (κ2) is 5.35. The Morgan fingerprint density at radius 3 is 2.72 bits per heavy atom. The molecule has 0 aliphatic carbocycles. The number of aromatic carboxylic acids is 1. The number of aromatic nitrogens is 1. The number of carboxylic acid groups (broad SMARTS) is 1. The standard InChI is InChI=1S/C13H12BrNO3/c1-2-3-9-8(13(16)17)4-5-10(15-9)11-6-7-12(14)18-11/h4-7H,2-3H2,1H3,(H,16,17). The lowest BCUT2D eigenvalue weighted by Crippen LogP contribution is -2.05. The summed E-state index contributed by atoms with van der Waals surface area (Å²) < 4.78 is 6.03. The van der Waals surface area contributed by atoms with Gasteiger partial charge in [-0.2, -0.15) is 0 Å². The molecule has 1 N–H and O–H groups in total. The Kier molecular flexibility index (Phi) is 3.81. The van der Waals surface area contributed by atoms with Crippen LogP contribution < -0.4 is 0 Å². The summed E-state index contributed by atoms with van der Waals surface area (Å²) in [7, 11) is 0. The van der Waals surface area contributed by atoms with Gasteiger partial charge in [-0.3, -0.25) is 0 Å². The first-order chi connectivity index (χ1) is 8.61. The zero-order valence-corrected chi connectivity index (χ0v) is 11.4. The largest absolute Gasteiger partial charge is 0.478 e. The summed E-state index contributed by atoms with van der Waals surface area (Å²) in [5, 5.41) is 9.09. The minimum Gasteiger partial charge on any atom is -0.478 e. The fourth-order valence-electron chi connectivity index (χ4n) is 1.71. The molecule has 5 heteroatoms.